The molecule has 0 radical (unpaired) electrons. The first kappa shape index (κ1) is 12.0. The van der Waals surface area contributed by atoms with E-state index in [0.29, 0.717) is 12.5 Å². The van der Waals surface area contributed by atoms with Crippen LogP contribution < -0.4 is 5.32 Å². The molecule has 4 nitrogen and oxygen atoms in total. The standard InChI is InChI=1S/C13H19N3O/c1-11-9-15-7-8-16(11)13(17)5-4-12-3-2-6-14-10-12/h2-3,6,10-11,15H,4-5,7-9H2,1H3/t11-/m1/s1. The molecule has 17 heavy (non-hydrogen) atoms. The van der Waals surface area contributed by atoms with Crippen molar-refractivity contribution in [1.82, 2.24) is 15.2 Å². The molecular formula is C13H19N3O. The molecule has 0 unspecified atom stereocenters. The SMILES string of the molecule is C[C@@H]1CNCCN1C(=O)CCc1cccnc1. The first-order valence-electron chi connectivity index (χ1n) is 6.16. The molecule has 1 amide bonds. The fraction of sp³-hybridized carbons (Fsp3) is 0.538. The minimum absolute atomic E-state index is 0.253. The zero-order valence-corrected chi connectivity index (χ0v) is 10.2. The summed E-state index contributed by atoms with van der Waals surface area (Å²) in [5, 5.41) is 3.29. The maximum atomic E-state index is 12.1. The molecule has 1 fully saturated rings. The Morgan fingerprint density at radius 3 is 3.24 bits per heavy atom. The van der Waals surface area contributed by atoms with Crippen LogP contribution in [0.15, 0.2) is 24.5 Å². The van der Waals surface area contributed by atoms with Gasteiger partial charge in [0, 0.05) is 44.5 Å². The van der Waals surface area contributed by atoms with Crippen LogP contribution in [0.5, 0.6) is 0 Å². The van der Waals surface area contributed by atoms with Crippen molar-refractivity contribution in [3.05, 3.63) is 30.1 Å². The van der Waals surface area contributed by atoms with Crippen molar-refractivity contribution in [3.8, 4) is 0 Å². The molecule has 2 heterocycles. The Labute approximate surface area is 102 Å². The highest BCUT2D eigenvalue weighted by Crippen LogP contribution is 2.08. The molecular weight excluding hydrogens is 214 g/mol. The van der Waals surface area contributed by atoms with Crippen molar-refractivity contribution < 1.29 is 4.79 Å². The summed E-state index contributed by atoms with van der Waals surface area (Å²) in [6.07, 6.45) is 4.94. The van der Waals surface area contributed by atoms with Crippen LogP contribution >= 0.6 is 0 Å². The highest BCUT2D eigenvalue weighted by molar-refractivity contribution is 5.76. The van der Waals surface area contributed by atoms with Gasteiger partial charge in [-0.1, -0.05) is 6.07 Å². The predicted octanol–water partition coefficient (Wildman–Crippen LogP) is 0.834. The Kier molecular flexibility index (Phi) is 4.09. The number of rotatable bonds is 3. The maximum Gasteiger partial charge on any atom is 0.223 e. The molecule has 1 aliphatic heterocycles. The van der Waals surface area contributed by atoms with Gasteiger partial charge >= 0.3 is 0 Å². The maximum absolute atomic E-state index is 12.1. The van der Waals surface area contributed by atoms with E-state index in [1.54, 1.807) is 6.20 Å². The van der Waals surface area contributed by atoms with Crippen LogP contribution in [-0.4, -0.2) is 41.5 Å². The van der Waals surface area contributed by atoms with Crippen molar-refractivity contribution in [2.24, 2.45) is 0 Å². The monoisotopic (exact) mass is 233 g/mol. The van der Waals surface area contributed by atoms with E-state index in [1.165, 1.54) is 0 Å². The van der Waals surface area contributed by atoms with E-state index in [2.05, 4.69) is 17.2 Å². The summed E-state index contributed by atoms with van der Waals surface area (Å²) >= 11 is 0. The molecule has 1 saturated heterocycles. The summed E-state index contributed by atoms with van der Waals surface area (Å²) in [5.41, 5.74) is 1.13. The van der Waals surface area contributed by atoms with Crippen LogP contribution in [0, 0.1) is 0 Å². The molecule has 2 rings (SSSR count). The van der Waals surface area contributed by atoms with Crippen LogP contribution in [0.3, 0.4) is 0 Å². The quantitative estimate of drug-likeness (QED) is 0.841. The van der Waals surface area contributed by atoms with Crippen LogP contribution in [-0.2, 0) is 11.2 Å². The third-order valence-electron chi connectivity index (χ3n) is 3.17. The minimum atomic E-state index is 0.253. The fourth-order valence-electron chi connectivity index (χ4n) is 2.15. The van der Waals surface area contributed by atoms with Crippen LogP contribution in [0.4, 0.5) is 0 Å². The van der Waals surface area contributed by atoms with Gasteiger partial charge in [-0.05, 0) is 25.0 Å². The second-order valence-electron chi connectivity index (χ2n) is 4.50. The van der Waals surface area contributed by atoms with Crippen LogP contribution in [0.25, 0.3) is 0 Å². The number of carbonyl (C=O) groups is 1. The number of amides is 1. The Morgan fingerprint density at radius 1 is 1.65 bits per heavy atom. The number of nitrogens with zero attached hydrogens (tertiary/aromatic N) is 2. The summed E-state index contributed by atoms with van der Waals surface area (Å²) in [4.78, 5) is 18.1. The molecule has 1 aliphatic rings. The Balaban J connectivity index is 1.84. The Bertz CT molecular complexity index is 366. The average molecular weight is 233 g/mol. The number of hydrogen-bond acceptors (Lipinski definition) is 3. The second kappa shape index (κ2) is 5.77. The van der Waals surface area contributed by atoms with Gasteiger partial charge in [0.25, 0.3) is 0 Å². The van der Waals surface area contributed by atoms with Crippen molar-refractivity contribution in [2.75, 3.05) is 19.6 Å². The fourth-order valence-corrected chi connectivity index (χ4v) is 2.15. The highest BCUT2D eigenvalue weighted by Gasteiger charge is 2.22. The van der Waals surface area contributed by atoms with Crippen molar-refractivity contribution in [2.45, 2.75) is 25.8 Å². The van der Waals surface area contributed by atoms with Gasteiger partial charge in [-0.2, -0.15) is 0 Å². The summed E-state index contributed by atoms with van der Waals surface area (Å²) in [6, 6.07) is 4.24. The summed E-state index contributed by atoms with van der Waals surface area (Å²) in [6.45, 7) is 4.72. The zero-order valence-electron chi connectivity index (χ0n) is 10.2. The van der Waals surface area contributed by atoms with Gasteiger partial charge in [-0.15, -0.1) is 0 Å². The first-order chi connectivity index (χ1) is 8.27. The molecule has 0 bridgehead atoms. The van der Waals surface area contributed by atoms with Gasteiger partial charge in [-0.25, -0.2) is 0 Å². The molecule has 1 N–H and O–H groups in total. The van der Waals surface area contributed by atoms with Gasteiger partial charge in [0.2, 0.25) is 5.91 Å². The zero-order chi connectivity index (χ0) is 12.1. The van der Waals surface area contributed by atoms with Crippen molar-refractivity contribution in [3.63, 3.8) is 0 Å². The molecule has 0 aliphatic carbocycles. The van der Waals surface area contributed by atoms with Gasteiger partial charge in [0.1, 0.15) is 0 Å². The van der Waals surface area contributed by atoms with Crippen LogP contribution in [0.1, 0.15) is 18.9 Å². The number of aryl methyl sites for hydroxylation is 1. The number of carbonyl (C=O) groups excluding carboxylic acids is 1. The lowest BCUT2D eigenvalue weighted by atomic mass is 10.1. The van der Waals surface area contributed by atoms with Crippen molar-refractivity contribution >= 4 is 5.91 Å². The van der Waals surface area contributed by atoms with E-state index in [4.69, 9.17) is 0 Å². The summed E-state index contributed by atoms with van der Waals surface area (Å²) in [5.74, 6) is 0.253. The van der Waals surface area contributed by atoms with Gasteiger partial charge in [-0.3, -0.25) is 9.78 Å². The van der Waals surface area contributed by atoms with E-state index < -0.39 is 0 Å². The lowest BCUT2D eigenvalue weighted by molar-refractivity contribution is -0.133. The normalized spacial score (nSPS) is 20.3. The van der Waals surface area contributed by atoms with Gasteiger partial charge < -0.3 is 10.2 Å². The third kappa shape index (κ3) is 3.27. The predicted molar refractivity (Wildman–Crippen MR) is 66.6 cm³/mol. The third-order valence-corrected chi connectivity index (χ3v) is 3.17. The van der Waals surface area contributed by atoms with Gasteiger partial charge in [0.05, 0.1) is 0 Å². The Morgan fingerprint density at radius 2 is 2.53 bits per heavy atom. The molecule has 0 saturated carbocycles. The molecule has 1 aromatic rings. The highest BCUT2D eigenvalue weighted by atomic mass is 16.2. The van der Waals surface area contributed by atoms with E-state index in [9.17, 15) is 4.79 Å². The Hall–Kier alpha value is -1.42. The number of aromatic nitrogens is 1. The lowest BCUT2D eigenvalue weighted by Gasteiger charge is -2.34. The van der Waals surface area contributed by atoms with Crippen LogP contribution in [0.2, 0.25) is 0 Å². The molecule has 1 atom stereocenters. The number of pyridine rings is 1. The topological polar surface area (TPSA) is 45.2 Å². The molecule has 0 aromatic carbocycles. The van der Waals surface area contributed by atoms with E-state index in [0.717, 1.165) is 31.6 Å². The smallest absolute Gasteiger partial charge is 0.223 e. The molecule has 0 spiro atoms. The largest absolute Gasteiger partial charge is 0.337 e. The summed E-state index contributed by atoms with van der Waals surface area (Å²) in [7, 11) is 0. The number of hydrogen-bond donors (Lipinski definition) is 1. The average Bonchev–Trinajstić information content (AvgIpc) is 2.38. The van der Waals surface area contributed by atoms with E-state index >= 15 is 0 Å². The lowest BCUT2D eigenvalue weighted by Crippen LogP contribution is -2.52. The van der Waals surface area contributed by atoms with Crippen molar-refractivity contribution in [1.29, 1.82) is 0 Å². The first-order valence-corrected chi connectivity index (χ1v) is 6.16. The van der Waals surface area contributed by atoms with Gasteiger partial charge in [0.15, 0.2) is 0 Å². The number of nitrogens with one attached hydrogen (secondary N) is 1. The minimum Gasteiger partial charge on any atom is -0.337 e. The molecule has 4 heteroatoms. The van der Waals surface area contributed by atoms with E-state index in [-0.39, 0.29) is 5.91 Å². The number of piperazine rings is 1. The summed E-state index contributed by atoms with van der Waals surface area (Å²) < 4.78 is 0. The molecule has 1 aromatic heterocycles. The van der Waals surface area contributed by atoms with E-state index in [1.807, 2.05) is 23.2 Å². The molecule has 92 valence electrons. The second-order valence-corrected chi connectivity index (χ2v) is 4.50.